The summed E-state index contributed by atoms with van der Waals surface area (Å²) < 4.78 is 110. The van der Waals surface area contributed by atoms with Crippen LogP contribution < -0.4 is 4.74 Å². The van der Waals surface area contributed by atoms with E-state index in [0.717, 1.165) is 6.20 Å². The van der Waals surface area contributed by atoms with Gasteiger partial charge in [0, 0.05) is 67.5 Å². The van der Waals surface area contributed by atoms with Crippen LogP contribution in [0.4, 0.5) is 0 Å². The number of ether oxygens (including phenoxy) is 1. The number of rotatable bonds is 4. The second-order valence-corrected chi connectivity index (χ2v) is 7.54. The van der Waals surface area contributed by atoms with Gasteiger partial charge in [-0.25, -0.2) is 4.98 Å². The van der Waals surface area contributed by atoms with Crippen LogP contribution in [0.3, 0.4) is 0 Å². The molecule has 3 aromatic heterocycles. The fraction of sp³-hybridized carbons (Fsp3) is 0.194. The molecule has 2 atom stereocenters. The van der Waals surface area contributed by atoms with Crippen molar-refractivity contribution in [2.45, 2.75) is 39.4 Å². The van der Waals surface area contributed by atoms with Gasteiger partial charge in [0.2, 0.25) is 5.88 Å². The van der Waals surface area contributed by atoms with Crippen LogP contribution in [0, 0.1) is 40.1 Å². The van der Waals surface area contributed by atoms with Gasteiger partial charge in [0.15, 0.2) is 0 Å². The van der Waals surface area contributed by atoms with Crippen molar-refractivity contribution in [1.82, 2.24) is 15.0 Å². The number of fused-ring (bicyclic) bond motifs is 1. The van der Waals surface area contributed by atoms with E-state index in [9.17, 15) is 0 Å². The summed E-state index contributed by atoms with van der Waals surface area (Å²) in [5, 5.41) is 0. The van der Waals surface area contributed by atoms with E-state index in [1.54, 1.807) is 24.3 Å². The van der Waals surface area contributed by atoms with Crippen LogP contribution in [0.5, 0.6) is 5.88 Å². The Morgan fingerprint density at radius 2 is 1.83 bits per heavy atom. The van der Waals surface area contributed by atoms with E-state index in [-0.39, 0.29) is 59.6 Å². The van der Waals surface area contributed by atoms with Crippen molar-refractivity contribution >= 4 is 5.57 Å². The number of pyridine rings is 3. The van der Waals surface area contributed by atoms with E-state index in [2.05, 4.69) is 27.6 Å². The first-order chi connectivity index (χ1) is 22.5. The maximum atomic E-state index is 8.14. The quantitative estimate of drug-likeness (QED) is 0.178. The maximum absolute atomic E-state index is 8.14. The Morgan fingerprint density at radius 1 is 1.03 bits per heavy atom. The molecule has 4 aromatic rings. The van der Waals surface area contributed by atoms with E-state index >= 15 is 0 Å². The van der Waals surface area contributed by atoms with Gasteiger partial charge in [-0.05, 0) is 43.4 Å². The van der Waals surface area contributed by atoms with Gasteiger partial charge < -0.3 is 14.7 Å². The molecule has 4 nitrogen and oxygen atoms in total. The van der Waals surface area contributed by atoms with Crippen molar-refractivity contribution in [3.8, 4) is 17.1 Å². The molecule has 4 heterocycles. The molecule has 1 aliphatic rings. The van der Waals surface area contributed by atoms with E-state index in [0.29, 0.717) is 16.8 Å². The number of benzene rings is 1. The van der Waals surface area contributed by atoms with Crippen LogP contribution in [-0.2, 0) is 20.1 Å². The molecule has 0 bridgehead atoms. The predicted octanol–water partition coefficient (Wildman–Crippen LogP) is 6.80. The molecular formula is C31H29IrN3O-2. The largest absolute Gasteiger partial charge is 0.471 e. The summed E-state index contributed by atoms with van der Waals surface area (Å²) in [6.45, 7) is 0.633. The Kier molecular flexibility index (Phi) is 4.60. The van der Waals surface area contributed by atoms with Crippen LogP contribution in [0.15, 0.2) is 79.6 Å². The molecule has 185 valence electrons. The zero-order valence-corrected chi connectivity index (χ0v) is 21.2. The maximum Gasteiger partial charge on any atom is 0.218 e. The SMILES string of the molecule is [2H]C([2H])([2H])c1c[c-]c(-c2ccc(C([2H])([2H])[2H])cn2)cc1.[2H]c1c(C([2H])([2H])[2H])cnc(C(=[CH-])C2Oc3nc(C([2H])([2H])[2H])ccc3C2C=C)c1[2H].[Ir]. The normalized spacial score (nSPS) is 22.6. The second kappa shape index (κ2) is 12.0. The minimum atomic E-state index is -2.58. The third kappa shape index (κ3) is 6.23. The van der Waals surface area contributed by atoms with E-state index in [1.807, 2.05) is 0 Å². The second-order valence-electron chi connectivity index (χ2n) is 7.54. The van der Waals surface area contributed by atoms with E-state index in [4.69, 9.17) is 30.5 Å². The van der Waals surface area contributed by atoms with Gasteiger partial charge in [-0.2, -0.15) is 5.57 Å². The number of aryl methyl sites for hydroxylation is 4. The first-order valence-corrected chi connectivity index (χ1v) is 10.4. The standard InChI is InChI=1S/C18H17N2O.C13H12N.Ir/c1-5-14-15-8-7-12(3)20-18(15)21-17(14)13(4)16-9-6-11(2)10-19-16;1-10-3-6-12(7-4-10)13-8-5-11(2)9-14-13;/h4-10,14,17H,1H2,2-3H3;3-6,8-9H,1-2H3;/q2*-1;/i2D3,3D3,6D,9D;1D3,2D3;. The van der Waals surface area contributed by atoms with Crippen molar-refractivity contribution in [2.24, 2.45) is 0 Å². The summed E-state index contributed by atoms with van der Waals surface area (Å²) in [4.78, 5) is 12.1. The fourth-order valence-electron chi connectivity index (χ4n) is 3.40. The molecule has 0 saturated heterocycles. The summed E-state index contributed by atoms with van der Waals surface area (Å²) >= 11 is 0. The Hall–Kier alpha value is -3.40. The molecule has 36 heavy (non-hydrogen) atoms. The number of aromatic nitrogens is 3. The number of nitrogens with zero attached hydrogens (tertiary/aromatic N) is 3. The van der Waals surface area contributed by atoms with Gasteiger partial charge in [-0.1, -0.05) is 42.9 Å². The molecule has 0 N–H and O–H groups in total. The van der Waals surface area contributed by atoms with Gasteiger partial charge in [-0.3, -0.25) is 6.58 Å². The first-order valence-electron chi connectivity index (χ1n) is 17.4. The Morgan fingerprint density at radius 3 is 2.50 bits per heavy atom. The Labute approximate surface area is 247 Å². The van der Waals surface area contributed by atoms with Crippen molar-refractivity contribution in [1.29, 1.82) is 0 Å². The molecule has 5 rings (SSSR count). The van der Waals surface area contributed by atoms with Crippen molar-refractivity contribution in [3.63, 3.8) is 0 Å². The minimum Gasteiger partial charge on any atom is -0.471 e. The molecule has 0 amide bonds. The molecule has 0 saturated carbocycles. The molecule has 2 unspecified atom stereocenters. The van der Waals surface area contributed by atoms with Crippen molar-refractivity contribution in [3.05, 3.63) is 126 Å². The summed E-state index contributed by atoms with van der Waals surface area (Å²) in [7, 11) is 0. The van der Waals surface area contributed by atoms with Crippen LogP contribution >= 0.6 is 0 Å². The molecule has 1 radical (unpaired) electrons. The molecule has 1 aromatic carbocycles. The predicted molar refractivity (Wildman–Crippen MR) is 141 cm³/mol. The van der Waals surface area contributed by atoms with Gasteiger partial charge >= 0.3 is 0 Å². The van der Waals surface area contributed by atoms with Gasteiger partial charge in [0.05, 0.1) is 1.37 Å². The third-order valence-corrected chi connectivity index (χ3v) is 5.14. The molecule has 0 fully saturated rings. The monoisotopic (exact) mass is 666 g/mol. The summed E-state index contributed by atoms with van der Waals surface area (Å²) in [5.74, 6) is -0.394. The summed E-state index contributed by atoms with van der Waals surface area (Å²) in [6.07, 6.45) is 2.98. The molecule has 5 heteroatoms. The van der Waals surface area contributed by atoms with Crippen molar-refractivity contribution in [2.75, 3.05) is 0 Å². The molecule has 0 spiro atoms. The zero-order valence-electron chi connectivity index (χ0n) is 32.8. The average molecular weight is 666 g/mol. The molecule has 1 aliphatic heterocycles. The zero-order chi connectivity index (χ0) is 36.7. The molecule has 0 aliphatic carbocycles. The smallest absolute Gasteiger partial charge is 0.218 e. The van der Waals surface area contributed by atoms with Crippen LogP contribution in [0.1, 0.15) is 58.8 Å². The number of hydrogen-bond donors (Lipinski definition) is 0. The third-order valence-electron chi connectivity index (χ3n) is 5.14. The minimum absolute atomic E-state index is 0. The number of hydrogen-bond acceptors (Lipinski definition) is 4. The first kappa shape index (κ1) is 13.8. The summed E-state index contributed by atoms with van der Waals surface area (Å²) in [6, 6.07) is 12.5. The van der Waals surface area contributed by atoms with Crippen LogP contribution in [0.25, 0.3) is 16.8 Å². The van der Waals surface area contributed by atoms with Gasteiger partial charge in [-0.15, -0.1) is 48.0 Å². The average Bonchev–Trinajstić information content (AvgIpc) is 3.39. The topological polar surface area (TPSA) is 47.9 Å². The van der Waals surface area contributed by atoms with Crippen LogP contribution in [0.2, 0.25) is 0 Å². The Balaban J connectivity index is 0.000000283. The summed E-state index contributed by atoms with van der Waals surface area (Å²) in [5.41, 5.74) is 1.57. The van der Waals surface area contributed by atoms with E-state index < -0.39 is 51.5 Å². The fourth-order valence-corrected chi connectivity index (χ4v) is 3.40. The van der Waals surface area contributed by atoms with Gasteiger partial charge in [0.1, 0.15) is 6.10 Å². The van der Waals surface area contributed by atoms with Crippen molar-refractivity contribution < 1.29 is 44.0 Å². The molecular weight excluding hydrogens is 623 g/mol. The Bertz CT molecular complexity index is 1790. The van der Waals surface area contributed by atoms with Crippen LogP contribution in [-0.4, -0.2) is 21.1 Å². The van der Waals surface area contributed by atoms with Gasteiger partial charge in [0.25, 0.3) is 0 Å². The van der Waals surface area contributed by atoms with E-state index in [1.165, 1.54) is 30.5 Å².